The number of nitrogens with two attached hydrogens (primary N) is 1. The Balaban J connectivity index is 2.23. The van der Waals surface area contributed by atoms with Crippen molar-refractivity contribution in [3.05, 3.63) is 29.3 Å². The number of benzene rings is 1. The highest BCUT2D eigenvalue weighted by atomic mass is 16.4. The maximum atomic E-state index is 8.89. The van der Waals surface area contributed by atoms with Gasteiger partial charge < -0.3 is 15.8 Å². The summed E-state index contributed by atoms with van der Waals surface area (Å²) in [5.41, 5.74) is 8.79. The molecule has 1 saturated carbocycles. The maximum Gasteiger partial charge on any atom is 0.172 e. The van der Waals surface area contributed by atoms with E-state index in [0.29, 0.717) is 0 Å². The number of anilines is 1. The number of amidine groups is 1. The fourth-order valence-electron chi connectivity index (χ4n) is 2.91. The monoisotopic (exact) mass is 261 g/mol. The molecule has 0 bridgehead atoms. The van der Waals surface area contributed by atoms with Crippen LogP contribution < -0.4 is 10.6 Å². The lowest BCUT2D eigenvalue weighted by atomic mass is 10.0. The zero-order valence-electron chi connectivity index (χ0n) is 11.8. The molecular formula is C15H23N3O. The van der Waals surface area contributed by atoms with Crippen LogP contribution in [0.5, 0.6) is 0 Å². The highest BCUT2D eigenvalue weighted by molar-refractivity contribution is 6.02. The van der Waals surface area contributed by atoms with Crippen LogP contribution in [0, 0.1) is 12.8 Å². The van der Waals surface area contributed by atoms with Crippen LogP contribution >= 0.6 is 0 Å². The molecule has 4 heteroatoms. The molecule has 1 fully saturated rings. The summed E-state index contributed by atoms with van der Waals surface area (Å²) < 4.78 is 0. The van der Waals surface area contributed by atoms with Gasteiger partial charge in [0.25, 0.3) is 0 Å². The number of rotatable bonds is 4. The molecule has 0 atom stereocenters. The second-order valence-electron chi connectivity index (χ2n) is 5.54. The fraction of sp³-hybridized carbons (Fsp3) is 0.533. The Bertz CT molecular complexity index is 464. The van der Waals surface area contributed by atoms with E-state index in [-0.39, 0.29) is 5.84 Å². The van der Waals surface area contributed by atoms with Gasteiger partial charge in [0, 0.05) is 24.8 Å². The van der Waals surface area contributed by atoms with E-state index in [1.807, 2.05) is 12.1 Å². The molecule has 1 aromatic carbocycles. The molecule has 1 aromatic rings. The first kappa shape index (κ1) is 13.7. The first-order valence-corrected chi connectivity index (χ1v) is 6.91. The molecule has 3 N–H and O–H groups in total. The minimum Gasteiger partial charge on any atom is -0.409 e. The average Bonchev–Trinajstić information content (AvgIpc) is 2.90. The van der Waals surface area contributed by atoms with E-state index >= 15 is 0 Å². The van der Waals surface area contributed by atoms with Crippen molar-refractivity contribution >= 4 is 11.5 Å². The summed E-state index contributed by atoms with van der Waals surface area (Å²) in [7, 11) is 2.08. The predicted octanol–water partition coefficient (Wildman–Crippen LogP) is 2.72. The Labute approximate surface area is 114 Å². The fourth-order valence-corrected chi connectivity index (χ4v) is 2.91. The quantitative estimate of drug-likeness (QED) is 0.379. The number of oxime groups is 1. The highest BCUT2D eigenvalue weighted by Gasteiger charge is 2.19. The lowest BCUT2D eigenvalue weighted by Crippen LogP contribution is -2.27. The topological polar surface area (TPSA) is 61.9 Å². The first-order valence-electron chi connectivity index (χ1n) is 6.91. The Morgan fingerprint density at radius 1 is 1.42 bits per heavy atom. The lowest BCUT2D eigenvalue weighted by molar-refractivity contribution is 0.318. The van der Waals surface area contributed by atoms with Crippen molar-refractivity contribution in [3.63, 3.8) is 0 Å². The number of aryl methyl sites for hydroxylation is 1. The van der Waals surface area contributed by atoms with E-state index < -0.39 is 0 Å². The molecule has 1 aliphatic carbocycles. The van der Waals surface area contributed by atoms with Crippen LogP contribution in [0.1, 0.15) is 36.8 Å². The summed E-state index contributed by atoms with van der Waals surface area (Å²) in [5.74, 6) is 0.943. The summed E-state index contributed by atoms with van der Waals surface area (Å²) >= 11 is 0. The summed E-state index contributed by atoms with van der Waals surface area (Å²) in [6.45, 7) is 3.10. The van der Waals surface area contributed by atoms with Crippen LogP contribution in [-0.2, 0) is 0 Å². The van der Waals surface area contributed by atoms with E-state index in [1.165, 1.54) is 31.2 Å². The third-order valence-corrected chi connectivity index (χ3v) is 3.95. The number of hydrogen-bond donors (Lipinski definition) is 2. The van der Waals surface area contributed by atoms with Gasteiger partial charge in [-0.15, -0.1) is 0 Å². The van der Waals surface area contributed by atoms with Gasteiger partial charge in [-0.25, -0.2) is 0 Å². The molecule has 19 heavy (non-hydrogen) atoms. The minimum atomic E-state index is 0.174. The van der Waals surface area contributed by atoms with Crippen LogP contribution in [0.15, 0.2) is 23.4 Å². The summed E-state index contributed by atoms with van der Waals surface area (Å²) in [6.07, 6.45) is 5.32. The zero-order chi connectivity index (χ0) is 13.8. The van der Waals surface area contributed by atoms with E-state index in [2.05, 4.69) is 30.1 Å². The van der Waals surface area contributed by atoms with E-state index in [0.717, 1.165) is 23.7 Å². The Hall–Kier alpha value is -1.71. The Morgan fingerprint density at radius 3 is 2.74 bits per heavy atom. The van der Waals surface area contributed by atoms with Crippen molar-refractivity contribution in [1.29, 1.82) is 0 Å². The van der Waals surface area contributed by atoms with Crippen LogP contribution in [0.2, 0.25) is 0 Å². The summed E-state index contributed by atoms with van der Waals surface area (Å²) in [5, 5.41) is 12.0. The van der Waals surface area contributed by atoms with Crippen LogP contribution in [0.25, 0.3) is 0 Å². The van der Waals surface area contributed by atoms with E-state index in [9.17, 15) is 0 Å². The van der Waals surface area contributed by atoms with Gasteiger partial charge in [0.15, 0.2) is 5.84 Å². The third-order valence-electron chi connectivity index (χ3n) is 3.95. The molecule has 0 heterocycles. The molecule has 104 valence electrons. The highest BCUT2D eigenvalue weighted by Crippen LogP contribution is 2.28. The van der Waals surface area contributed by atoms with Crippen LogP contribution in [-0.4, -0.2) is 24.6 Å². The van der Waals surface area contributed by atoms with Gasteiger partial charge >= 0.3 is 0 Å². The minimum absolute atomic E-state index is 0.174. The predicted molar refractivity (Wildman–Crippen MR) is 78.9 cm³/mol. The van der Waals surface area contributed by atoms with Gasteiger partial charge in [0.2, 0.25) is 0 Å². The molecular weight excluding hydrogens is 238 g/mol. The molecule has 0 aliphatic heterocycles. The van der Waals surface area contributed by atoms with Crippen molar-refractivity contribution < 1.29 is 5.21 Å². The van der Waals surface area contributed by atoms with Crippen LogP contribution in [0.3, 0.4) is 0 Å². The Morgan fingerprint density at radius 2 is 2.11 bits per heavy atom. The second kappa shape index (κ2) is 5.95. The van der Waals surface area contributed by atoms with Crippen molar-refractivity contribution in [3.8, 4) is 0 Å². The van der Waals surface area contributed by atoms with Crippen LogP contribution in [0.4, 0.5) is 5.69 Å². The molecule has 0 spiro atoms. The van der Waals surface area contributed by atoms with E-state index in [4.69, 9.17) is 10.9 Å². The molecule has 4 nitrogen and oxygen atoms in total. The van der Waals surface area contributed by atoms with Gasteiger partial charge in [-0.2, -0.15) is 0 Å². The standard InChI is InChI=1S/C15H23N3O/c1-11-7-8-13(15(16)17-19)14(9-11)18(2)10-12-5-3-4-6-12/h7-9,12,19H,3-6,10H2,1-2H3,(H2,16,17). The molecule has 0 aromatic heterocycles. The first-order chi connectivity index (χ1) is 9.11. The number of nitrogens with zero attached hydrogens (tertiary/aromatic N) is 2. The van der Waals surface area contributed by atoms with Crippen molar-refractivity contribution in [1.82, 2.24) is 0 Å². The molecule has 2 rings (SSSR count). The van der Waals surface area contributed by atoms with Gasteiger partial charge in [-0.3, -0.25) is 0 Å². The van der Waals surface area contributed by atoms with Gasteiger partial charge in [-0.1, -0.05) is 24.1 Å². The van der Waals surface area contributed by atoms with Gasteiger partial charge in [-0.05, 0) is 43.4 Å². The molecule has 0 saturated heterocycles. The molecule has 1 aliphatic rings. The average molecular weight is 261 g/mol. The third kappa shape index (κ3) is 3.19. The SMILES string of the molecule is Cc1ccc(C(N)=NO)c(N(C)CC2CCCC2)c1. The normalized spacial score (nSPS) is 16.8. The largest absolute Gasteiger partial charge is 0.409 e. The molecule has 0 radical (unpaired) electrons. The van der Waals surface area contributed by atoms with Crippen molar-refractivity contribution in [2.45, 2.75) is 32.6 Å². The lowest BCUT2D eigenvalue weighted by Gasteiger charge is -2.25. The summed E-state index contributed by atoms with van der Waals surface area (Å²) in [6, 6.07) is 6.01. The zero-order valence-corrected chi connectivity index (χ0v) is 11.8. The number of hydrogen-bond acceptors (Lipinski definition) is 3. The van der Waals surface area contributed by atoms with E-state index in [1.54, 1.807) is 0 Å². The van der Waals surface area contributed by atoms with Crippen molar-refractivity contribution in [2.75, 3.05) is 18.5 Å². The second-order valence-corrected chi connectivity index (χ2v) is 5.54. The molecule has 0 unspecified atom stereocenters. The maximum absolute atomic E-state index is 8.89. The van der Waals surface area contributed by atoms with Gasteiger partial charge in [0.1, 0.15) is 0 Å². The van der Waals surface area contributed by atoms with Gasteiger partial charge in [0.05, 0.1) is 0 Å². The summed E-state index contributed by atoms with van der Waals surface area (Å²) in [4.78, 5) is 2.23. The smallest absolute Gasteiger partial charge is 0.172 e. The van der Waals surface area contributed by atoms with Crippen molar-refractivity contribution in [2.24, 2.45) is 16.8 Å². The molecule has 0 amide bonds. The Kier molecular flexibility index (Phi) is 4.30.